The van der Waals surface area contributed by atoms with Gasteiger partial charge in [0.2, 0.25) is 5.88 Å². The molecule has 5 nitrogen and oxygen atoms in total. The average Bonchev–Trinajstić information content (AvgIpc) is 2.79. The number of H-pyrrole nitrogens is 1. The summed E-state index contributed by atoms with van der Waals surface area (Å²) >= 11 is 0. The number of aromatic nitrogens is 2. The maximum atomic E-state index is 12.3. The molecule has 5 heteroatoms. The summed E-state index contributed by atoms with van der Waals surface area (Å²) in [4.78, 5) is 21.1. The maximum absolute atomic E-state index is 12.3. The molecule has 2 aromatic rings. The normalized spacial score (nSPS) is 13.1. The molecule has 1 aliphatic carbocycles. The van der Waals surface area contributed by atoms with Crippen LogP contribution in [0.2, 0.25) is 0 Å². The first-order valence-electron chi connectivity index (χ1n) is 5.94. The minimum absolute atomic E-state index is 0. The number of hydrogen-bond donors (Lipinski definition) is 1. The summed E-state index contributed by atoms with van der Waals surface area (Å²) in [6, 6.07) is 3.65. The molecule has 1 N–H and O–H groups in total. The smallest absolute Gasteiger partial charge is 0.274 e. The van der Waals surface area contributed by atoms with Crippen LogP contribution in [0.15, 0.2) is 35.8 Å². The Hall–Kier alpha value is -2.52. The van der Waals surface area contributed by atoms with Crippen molar-refractivity contribution < 1.29 is 11.0 Å². The molecule has 0 atom stereocenters. The summed E-state index contributed by atoms with van der Waals surface area (Å²) in [6.45, 7) is 0. The fourth-order valence-electron chi connectivity index (χ4n) is 2.03. The molecule has 0 bridgehead atoms. The van der Waals surface area contributed by atoms with E-state index in [2.05, 4.69) is 15.7 Å². The zero-order chi connectivity index (χ0) is 13.4. The van der Waals surface area contributed by atoms with Gasteiger partial charge in [0.05, 0.1) is 12.8 Å². The first-order chi connectivity index (χ1) is 9.20. The van der Waals surface area contributed by atoms with Crippen molar-refractivity contribution in [2.24, 2.45) is 0 Å². The van der Waals surface area contributed by atoms with Crippen LogP contribution in [0, 0.1) is 0 Å². The summed E-state index contributed by atoms with van der Waals surface area (Å²) in [5.74, 6) is 0.399. The predicted octanol–water partition coefficient (Wildman–Crippen LogP) is 2.33. The van der Waals surface area contributed by atoms with Gasteiger partial charge >= 0.3 is 0 Å². The maximum Gasteiger partial charge on any atom is 0.274 e. The first kappa shape index (κ1) is 11.6. The van der Waals surface area contributed by atoms with Gasteiger partial charge in [0.15, 0.2) is 0 Å². The topological polar surface area (TPSA) is 58.2 Å². The highest BCUT2D eigenvalue weighted by Crippen LogP contribution is 2.24. The highest BCUT2D eigenvalue weighted by Gasteiger charge is 2.19. The lowest BCUT2D eigenvalue weighted by Crippen LogP contribution is -2.27. The Bertz CT molecular complexity index is 729. The zero-order valence-electron chi connectivity index (χ0n) is 10.7. The van der Waals surface area contributed by atoms with E-state index in [9.17, 15) is 4.79 Å². The third-order valence-corrected chi connectivity index (χ3v) is 3.21. The molecule has 0 aliphatic heterocycles. The van der Waals surface area contributed by atoms with E-state index >= 15 is 0 Å². The molecule has 19 heavy (non-hydrogen) atoms. The van der Waals surface area contributed by atoms with Crippen LogP contribution in [0.4, 0.5) is 0 Å². The number of nitrogens with zero attached hydrogens (tertiary/aromatic N) is 2. The summed E-state index contributed by atoms with van der Waals surface area (Å²) in [5, 5.41) is 0.904. The van der Waals surface area contributed by atoms with E-state index in [1.807, 2.05) is 12.1 Å². The minimum atomic E-state index is -0.0890. The highest BCUT2D eigenvalue weighted by molar-refractivity contribution is 5.99. The van der Waals surface area contributed by atoms with Gasteiger partial charge < -0.3 is 14.6 Å². The molecule has 0 spiro atoms. The molecule has 2 aromatic heterocycles. The third-order valence-electron chi connectivity index (χ3n) is 3.21. The zero-order valence-corrected chi connectivity index (χ0v) is 10.7. The van der Waals surface area contributed by atoms with E-state index < -0.39 is 0 Å². The standard InChI is InChI=1S/C14H13N3O2.H2/c1-17(10-4-3-5-10)14(18)11-8-9-6-7-15-13(19-2)12(9)16-11;/h3,6-8,16H,4H2,1-2H3;1H. The molecular formula is C14H15N3O2. The highest BCUT2D eigenvalue weighted by atomic mass is 16.5. The van der Waals surface area contributed by atoms with Crippen LogP contribution in [0.1, 0.15) is 18.3 Å². The van der Waals surface area contributed by atoms with Gasteiger partial charge in [0.25, 0.3) is 5.91 Å². The Morgan fingerprint density at radius 1 is 1.63 bits per heavy atom. The molecule has 1 aliphatic rings. The second kappa shape index (κ2) is 4.30. The lowest BCUT2D eigenvalue weighted by atomic mass is 10.1. The third kappa shape index (κ3) is 1.80. The Kier molecular flexibility index (Phi) is 2.62. The lowest BCUT2D eigenvalue weighted by molar-refractivity contribution is 0.0828. The predicted molar refractivity (Wildman–Crippen MR) is 73.1 cm³/mol. The Morgan fingerprint density at radius 3 is 3.05 bits per heavy atom. The van der Waals surface area contributed by atoms with Gasteiger partial charge in [0.1, 0.15) is 11.2 Å². The van der Waals surface area contributed by atoms with Crippen LogP contribution in [-0.4, -0.2) is 34.9 Å². The van der Waals surface area contributed by atoms with Gasteiger partial charge in [-0.25, -0.2) is 4.98 Å². The fraction of sp³-hybridized carbons (Fsp3) is 0.214. The minimum Gasteiger partial charge on any atom is -0.479 e. The Balaban J connectivity index is 0.00000147. The van der Waals surface area contributed by atoms with E-state index in [0.29, 0.717) is 11.6 Å². The van der Waals surface area contributed by atoms with Crippen molar-refractivity contribution in [2.45, 2.75) is 6.42 Å². The SMILES string of the molecule is COc1nccc2cc(C(=O)N(C)C3=C=CC3)[nH]c12.[HH]. The van der Waals surface area contributed by atoms with Crippen molar-refractivity contribution >= 4 is 16.8 Å². The van der Waals surface area contributed by atoms with E-state index in [1.165, 1.54) is 0 Å². The van der Waals surface area contributed by atoms with Crippen LogP contribution >= 0.6 is 0 Å². The number of aromatic amines is 1. The first-order valence-corrected chi connectivity index (χ1v) is 5.94. The molecule has 3 rings (SSSR count). The number of amides is 1. The molecule has 0 radical (unpaired) electrons. The molecular weight excluding hydrogens is 242 g/mol. The van der Waals surface area contributed by atoms with Crippen LogP contribution in [0.25, 0.3) is 10.9 Å². The van der Waals surface area contributed by atoms with Gasteiger partial charge in [-0.3, -0.25) is 4.79 Å². The number of carbonyl (C=O) groups is 1. The average molecular weight is 257 g/mol. The Morgan fingerprint density at radius 2 is 2.42 bits per heavy atom. The monoisotopic (exact) mass is 257 g/mol. The number of hydrogen-bond acceptors (Lipinski definition) is 3. The molecule has 2 heterocycles. The summed E-state index contributed by atoms with van der Waals surface area (Å²) < 4.78 is 5.17. The van der Waals surface area contributed by atoms with Gasteiger partial charge in [0, 0.05) is 26.5 Å². The number of carbonyl (C=O) groups excluding carboxylic acids is 1. The molecule has 0 saturated heterocycles. The molecule has 1 amide bonds. The number of ether oxygens (including phenoxy) is 1. The van der Waals surface area contributed by atoms with Crippen molar-refractivity contribution in [3.05, 3.63) is 41.5 Å². The number of pyridine rings is 1. The van der Waals surface area contributed by atoms with Gasteiger partial charge in [-0.1, -0.05) is 0 Å². The van der Waals surface area contributed by atoms with Crippen molar-refractivity contribution in [1.29, 1.82) is 0 Å². The molecule has 0 saturated carbocycles. The van der Waals surface area contributed by atoms with Gasteiger partial charge in [-0.15, -0.1) is 5.73 Å². The van der Waals surface area contributed by atoms with Crippen LogP contribution < -0.4 is 4.74 Å². The fourth-order valence-corrected chi connectivity index (χ4v) is 2.03. The number of fused-ring (bicyclic) bond motifs is 1. The second-order valence-corrected chi connectivity index (χ2v) is 4.33. The summed E-state index contributed by atoms with van der Waals surface area (Å²) in [6.07, 6.45) is 4.34. The van der Waals surface area contributed by atoms with Crippen molar-refractivity contribution in [3.63, 3.8) is 0 Å². The van der Waals surface area contributed by atoms with Crippen LogP contribution in [0.3, 0.4) is 0 Å². The molecule has 98 valence electrons. The molecule has 0 fully saturated rings. The number of nitrogens with one attached hydrogen (secondary N) is 1. The second-order valence-electron chi connectivity index (χ2n) is 4.33. The largest absolute Gasteiger partial charge is 0.479 e. The van der Waals surface area contributed by atoms with E-state index in [-0.39, 0.29) is 7.33 Å². The van der Waals surface area contributed by atoms with Crippen molar-refractivity contribution in [2.75, 3.05) is 14.2 Å². The number of methoxy groups -OCH3 is 1. The van der Waals surface area contributed by atoms with Crippen molar-refractivity contribution in [3.8, 4) is 5.88 Å². The van der Waals surface area contributed by atoms with E-state index in [1.54, 1.807) is 31.3 Å². The quantitative estimate of drug-likeness (QED) is 0.858. The van der Waals surface area contributed by atoms with E-state index in [0.717, 1.165) is 23.0 Å². The van der Waals surface area contributed by atoms with E-state index in [4.69, 9.17) is 4.74 Å². The molecule has 0 unspecified atom stereocenters. The lowest BCUT2D eigenvalue weighted by Gasteiger charge is -2.20. The van der Waals surface area contributed by atoms with Gasteiger partial charge in [-0.2, -0.15) is 0 Å². The van der Waals surface area contributed by atoms with Gasteiger partial charge in [-0.05, 0) is 18.2 Å². The van der Waals surface area contributed by atoms with Crippen LogP contribution in [0.5, 0.6) is 5.88 Å². The summed E-state index contributed by atoms with van der Waals surface area (Å²) in [5.41, 5.74) is 5.15. The number of rotatable bonds is 3. The summed E-state index contributed by atoms with van der Waals surface area (Å²) in [7, 11) is 3.30. The molecule has 0 aromatic carbocycles. The Labute approximate surface area is 111 Å². The van der Waals surface area contributed by atoms with Crippen molar-refractivity contribution in [1.82, 2.24) is 14.9 Å². The van der Waals surface area contributed by atoms with Crippen LogP contribution in [-0.2, 0) is 0 Å².